The van der Waals surface area contributed by atoms with Gasteiger partial charge in [-0.05, 0) is 29.8 Å². The summed E-state index contributed by atoms with van der Waals surface area (Å²) in [4.78, 5) is 11.2. The Morgan fingerprint density at radius 2 is 1.53 bits per heavy atom. The normalized spacial score (nSPS) is 10.5. The van der Waals surface area contributed by atoms with Gasteiger partial charge in [0, 0.05) is 10.6 Å². The quantitative estimate of drug-likeness (QED) is 0.718. The average Bonchev–Trinajstić information content (AvgIpc) is 2.35. The van der Waals surface area contributed by atoms with E-state index in [2.05, 4.69) is 0 Å². The second-order valence-electron chi connectivity index (χ2n) is 3.72. The molecule has 0 aliphatic carbocycles. The van der Waals surface area contributed by atoms with Crippen LogP contribution in [-0.2, 0) is 0 Å². The predicted octanol–water partition coefficient (Wildman–Crippen LogP) is 5.67. The molecule has 1 N–H and O–H groups in total. The molecule has 0 saturated heterocycles. The van der Waals surface area contributed by atoms with Crippen LogP contribution in [0.3, 0.4) is 0 Å². The number of carbonyl (C=O) groups is 1. The highest BCUT2D eigenvalue weighted by Gasteiger charge is 2.17. The molecule has 0 spiro atoms. The zero-order chi connectivity index (χ0) is 14.2. The molecule has 0 amide bonds. The van der Waals surface area contributed by atoms with Gasteiger partial charge in [-0.25, -0.2) is 4.79 Å². The van der Waals surface area contributed by atoms with Crippen LogP contribution in [0.2, 0.25) is 20.1 Å². The minimum atomic E-state index is -1.08. The lowest BCUT2D eigenvalue weighted by Crippen LogP contribution is -2.00. The van der Waals surface area contributed by atoms with E-state index in [-0.39, 0.29) is 20.6 Å². The summed E-state index contributed by atoms with van der Waals surface area (Å²) in [6.07, 6.45) is 0. The van der Waals surface area contributed by atoms with Gasteiger partial charge in [0.15, 0.2) is 0 Å². The van der Waals surface area contributed by atoms with Gasteiger partial charge in [0.2, 0.25) is 0 Å². The van der Waals surface area contributed by atoms with Gasteiger partial charge in [-0.3, -0.25) is 0 Å². The highest BCUT2D eigenvalue weighted by atomic mass is 35.5. The summed E-state index contributed by atoms with van der Waals surface area (Å²) in [5.41, 5.74) is 0.932. The fourth-order valence-corrected chi connectivity index (χ4v) is 2.58. The van der Waals surface area contributed by atoms with Crippen molar-refractivity contribution in [3.8, 4) is 11.1 Å². The van der Waals surface area contributed by atoms with Crippen LogP contribution < -0.4 is 0 Å². The Bertz CT molecular complexity index is 645. The van der Waals surface area contributed by atoms with Crippen LogP contribution in [0.15, 0.2) is 30.3 Å². The van der Waals surface area contributed by atoms with Crippen LogP contribution in [-0.4, -0.2) is 11.1 Å². The summed E-state index contributed by atoms with van der Waals surface area (Å²) in [7, 11) is 0. The molecule has 0 aliphatic rings. The van der Waals surface area contributed by atoms with Gasteiger partial charge in [0.25, 0.3) is 0 Å². The summed E-state index contributed by atoms with van der Waals surface area (Å²) >= 11 is 23.8. The van der Waals surface area contributed by atoms with Crippen molar-refractivity contribution in [2.45, 2.75) is 0 Å². The van der Waals surface area contributed by atoms with Crippen molar-refractivity contribution in [1.29, 1.82) is 0 Å². The summed E-state index contributed by atoms with van der Waals surface area (Å²) in [6.45, 7) is 0. The standard InChI is InChI=1S/C13H6Cl4O2/c14-8-3-1-2-7(13(18)19)11(8)6-4-9(15)12(17)10(16)5-6/h1-5H,(H,18,19). The van der Waals surface area contributed by atoms with Crippen molar-refractivity contribution >= 4 is 52.4 Å². The monoisotopic (exact) mass is 334 g/mol. The first-order valence-electron chi connectivity index (χ1n) is 5.08. The molecule has 0 atom stereocenters. The lowest BCUT2D eigenvalue weighted by atomic mass is 9.99. The Hall–Kier alpha value is -0.930. The second kappa shape index (κ2) is 5.59. The highest BCUT2D eigenvalue weighted by molar-refractivity contribution is 6.48. The molecule has 0 radical (unpaired) electrons. The Morgan fingerprint density at radius 1 is 0.947 bits per heavy atom. The molecule has 19 heavy (non-hydrogen) atoms. The smallest absolute Gasteiger partial charge is 0.336 e. The maximum Gasteiger partial charge on any atom is 0.336 e. The molecule has 0 unspecified atom stereocenters. The number of hydrogen-bond donors (Lipinski definition) is 1. The van der Waals surface area contributed by atoms with E-state index in [4.69, 9.17) is 46.4 Å². The number of halogens is 4. The number of benzene rings is 2. The molecule has 0 aliphatic heterocycles. The molecule has 6 heteroatoms. The summed E-state index contributed by atoms with van der Waals surface area (Å²) < 4.78 is 0. The van der Waals surface area contributed by atoms with Crippen LogP contribution in [0.1, 0.15) is 10.4 Å². The zero-order valence-corrected chi connectivity index (χ0v) is 12.3. The molecule has 0 aromatic heterocycles. The summed E-state index contributed by atoms with van der Waals surface area (Å²) in [5.74, 6) is -1.08. The second-order valence-corrected chi connectivity index (χ2v) is 5.32. The first-order valence-corrected chi connectivity index (χ1v) is 6.59. The maximum atomic E-state index is 11.2. The molecule has 2 aromatic rings. The van der Waals surface area contributed by atoms with E-state index >= 15 is 0 Å². The topological polar surface area (TPSA) is 37.3 Å². The molecule has 98 valence electrons. The Morgan fingerprint density at radius 3 is 2.05 bits per heavy atom. The molecular formula is C13H6Cl4O2. The molecule has 0 fully saturated rings. The van der Waals surface area contributed by atoms with Crippen molar-refractivity contribution in [1.82, 2.24) is 0 Å². The molecule has 0 saturated carbocycles. The van der Waals surface area contributed by atoms with E-state index in [1.54, 1.807) is 12.1 Å². The number of carboxylic acid groups (broad SMARTS) is 1. The van der Waals surface area contributed by atoms with Gasteiger partial charge < -0.3 is 5.11 Å². The molecule has 2 nitrogen and oxygen atoms in total. The zero-order valence-electron chi connectivity index (χ0n) is 9.25. The number of carboxylic acids is 1. The van der Waals surface area contributed by atoms with Crippen molar-refractivity contribution < 1.29 is 9.90 Å². The molecule has 2 aromatic carbocycles. The molecular weight excluding hydrogens is 330 g/mol. The van der Waals surface area contributed by atoms with Crippen LogP contribution in [0, 0.1) is 0 Å². The first-order chi connectivity index (χ1) is 8.91. The van der Waals surface area contributed by atoms with E-state index in [1.807, 2.05) is 0 Å². The number of hydrogen-bond acceptors (Lipinski definition) is 1. The summed E-state index contributed by atoms with van der Waals surface area (Å²) in [5, 5.41) is 10.2. The Labute approximate surface area is 129 Å². The minimum Gasteiger partial charge on any atom is -0.478 e. The van der Waals surface area contributed by atoms with Gasteiger partial charge in [0.05, 0.1) is 20.6 Å². The summed E-state index contributed by atoms with van der Waals surface area (Å²) in [6, 6.07) is 7.68. The van der Waals surface area contributed by atoms with E-state index in [0.717, 1.165) is 0 Å². The third-order valence-corrected chi connectivity index (χ3v) is 4.03. The fraction of sp³-hybridized carbons (Fsp3) is 0. The van der Waals surface area contributed by atoms with E-state index in [0.29, 0.717) is 16.1 Å². The SMILES string of the molecule is O=C(O)c1cccc(Cl)c1-c1cc(Cl)c(Cl)c(Cl)c1. The maximum absolute atomic E-state index is 11.2. The average molecular weight is 336 g/mol. The van der Waals surface area contributed by atoms with E-state index in [9.17, 15) is 9.90 Å². The van der Waals surface area contributed by atoms with Crippen LogP contribution in [0.25, 0.3) is 11.1 Å². The van der Waals surface area contributed by atoms with Gasteiger partial charge in [0.1, 0.15) is 0 Å². The predicted molar refractivity (Wildman–Crippen MR) is 78.9 cm³/mol. The lowest BCUT2D eigenvalue weighted by molar-refractivity contribution is 0.0697. The largest absolute Gasteiger partial charge is 0.478 e. The first kappa shape index (κ1) is 14.5. The van der Waals surface area contributed by atoms with Crippen LogP contribution in [0.5, 0.6) is 0 Å². The van der Waals surface area contributed by atoms with Crippen LogP contribution in [0.4, 0.5) is 0 Å². The van der Waals surface area contributed by atoms with Crippen molar-refractivity contribution in [3.63, 3.8) is 0 Å². The Kier molecular flexibility index (Phi) is 4.26. The number of aromatic carboxylic acids is 1. The third-order valence-electron chi connectivity index (χ3n) is 2.52. The van der Waals surface area contributed by atoms with Gasteiger partial charge >= 0.3 is 5.97 Å². The van der Waals surface area contributed by atoms with Crippen molar-refractivity contribution in [3.05, 3.63) is 56.0 Å². The van der Waals surface area contributed by atoms with Crippen LogP contribution >= 0.6 is 46.4 Å². The van der Waals surface area contributed by atoms with E-state index < -0.39 is 5.97 Å². The number of rotatable bonds is 2. The Balaban J connectivity index is 2.75. The lowest BCUT2D eigenvalue weighted by Gasteiger charge is -2.10. The van der Waals surface area contributed by atoms with Gasteiger partial charge in [-0.1, -0.05) is 52.5 Å². The molecule has 0 heterocycles. The van der Waals surface area contributed by atoms with Crippen molar-refractivity contribution in [2.24, 2.45) is 0 Å². The van der Waals surface area contributed by atoms with Gasteiger partial charge in [-0.2, -0.15) is 0 Å². The highest BCUT2D eigenvalue weighted by Crippen LogP contribution is 2.38. The molecule has 2 rings (SSSR count). The third kappa shape index (κ3) is 2.82. The van der Waals surface area contributed by atoms with Crippen molar-refractivity contribution in [2.75, 3.05) is 0 Å². The minimum absolute atomic E-state index is 0.0713. The fourth-order valence-electron chi connectivity index (χ4n) is 1.70. The van der Waals surface area contributed by atoms with E-state index in [1.165, 1.54) is 18.2 Å². The van der Waals surface area contributed by atoms with Gasteiger partial charge in [-0.15, -0.1) is 0 Å². The molecule has 0 bridgehead atoms.